The lowest BCUT2D eigenvalue weighted by atomic mass is 10.0. The Morgan fingerprint density at radius 2 is 0.860 bits per heavy atom. The molecule has 0 saturated carbocycles. The molecule has 0 aliphatic heterocycles. The summed E-state index contributed by atoms with van der Waals surface area (Å²) >= 11 is 0. The Labute approximate surface area is 353 Å². The van der Waals surface area contributed by atoms with E-state index in [0.717, 1.165) is 64.2 Å². The van der Waals surface area contributed by atoms with Crippen LogP contribution in [-0.2, 0) is 19.1 Å². The predicted octanol–water partition coefficient (Wildman–Crippen LogP) is 14.6. The van der Waals surface area contributed by atoms with Crippen molar-refractivity contribution in [2.45, 2.75) is 283 Å². The number of carboxylic acids is 1. The van der Waals surface area contributed by atoms with E-state index >= 15 is 0 Å². The second-order valence-corrected chi connectivity index (χ2v) is 17.2. The fourth-order valence-corrected chi connectivity index (χ4v) is 7.80. The van der Waals surface area contributed by atoms with Crippen LogP contribution in [0, 0.1) is 0 Å². The molecule has 336 valence electrons. The van der Waals surface area contributed by atoms with Crippen LogP contribution in [0.4, 0.5) is 0 Å². The number of hydrogen-bond acceptors (Lipinski definition) is 5. The second kappa shape index (κ2) is 45.2. The number of allylic oxidation sites excluding steroid dienone is 2. The van der Waals surface area contributed by atoms with E-state index in [1.807, 2.05) is 0 Å². The summed E-state index contributed by atoms with van der Waals surface area (Å²) in [6.07, 6.45) is 51.2. The fourth-order valence-electron chi connectivity index (χ4n) is 7.80. The van der Waals surface area contributed by atoms with E-state index in [1.165, 1.54) is 167 Å². The normalized spacial score (nSPS) is 12.6. The first-order valence-corrected chi connectivity index (χ1v) is 25.0. The largest absolute Gasteiger partial charge is 0.480 e. The highest BCUT2D eigenvalue weighted by atomic mass is 16.5. The molecule has 7 nitrogen and oxygen atoms in total. The number of unbranched alkanes of at least 4 members (excludes halogenated alkanes) is 30. The lowest BCUT2D eigenvalue weighted by Crippen LogP contribution is -2.40. The van der Waals surface area contributed by atoms with Crippen molar-refractivity contribution in [2.24, 2.45) is 5.73 Å². The molecular weight excluding hydrogens is 709 g/mol. The van der Waals surface area contributed by atoms with Gasteiger partial charge < -0.3 is 20.9 Å². The Bertz CT molecular complexity index is 909. The highest BCUT2D eigenvalue weighted by molar-refractivity contribution is 5.83. The molecule has 0 aromatic rings. The van der Waals surface area contributed by atoms with Crippen molar-refractivity contribution in [3.63, 3.8) is 0 Å². The second-order valence-electron chi connectivity index (χ2n) is 17.2. The molecule has 4 N–H and O–H groups in total. The SMILES string of the molecule is CCCCCCCC/C=C\CCCCCCCCCCCC(=O)OC(CCCCCCCCCCCCCC)CCCCCCCC(=O)NC(CCCN)C(=O)O. The number of ether oxygens (including phenoxy) is 1. The Morgan fingerprint density at radius 1 is 0.491 bits per heavy atom. The molecule has 7 heteroatoms. The Hall–Kier alpha value is -1.89. The lowest BCUT2D eigenvalue weighted by Gasteiger charge is -2.18. The highest BCUT2D eigenvalue weighted by Gasteiger charge is 2.19. The summed E-state index contributed by atoms with van der Waals surface area (Å²) in [6.45, 7) is 4.97. The van der Waals surface area contributed by atoms with Crippen molar-refractivity contribution >= 4 is 17.8 Å². The number of esters is 1. The molecular formula is C50H96N2O5. The van der Waals surface area contributed by atoms with Crippen molar-refractivity contribution in [3.8, 4) is 0 Å². The maximum absolute atomic E-state index is 12.9. The third-order valence-corrected chi connectivity index (χ3v) is 11.6. The van der Waals surface area contributed by atoms with Crippen molar-refractivity contribution in [3.05, 3.63) is 12.2 Å². The zero-order chi connectivity index (χ0) is 41.7. The Kier molecular flexibility index (Phi) is 43.7. The summed E-state index contributed by atoms with van der Waals surface area (Å²) in [5.41, 5.74) is 5.50. The van der Waals surface area contributed by atoms with Gasteiger partial charge in [0.25, 0.3) is 0 Å². The van der Waals surface area contributed by atoms with E-state index in [2.05, 4.69) is 31.3 Å². The minimum Gasteiger partial charge on any atom is -0.480 e. The predicted molar refractivity (Wildman–Crippen MR) is 244 cm³/mol. The molecule has 0 aliphatic carbocycles. The minimum absolute atomic E-state index is 0.0166. The van der Waals surface area contributed by atoms with Crippen LogP contribution < -0.4 is 11.1 Å². The molecule has 0 heterocycles. The van der Waals surface area contributed by atoms with Crippen molar-refractivity contribution in [1.29, 1.82) is 0 Å². The number of amides is 1. The van der Waals surface area contributed by atoms with Gasteiger partial charge in [-0.1, -0.05) is 193 Å². The number of hydrogen-bond donors (Lipinski definition) is 3. The fraction of sp³-hybridized carbons (Fsp3) is 0.900. The average molecular weight is 805 g/mol. The number of carbonyl (C=O) groups excluding carboxylic acids is 2. The molecule has 2 unspecified atom stereocenters. The number of carboxylic acid groups (broad SMARTS) is 1. The molecule has 2 atom stereocenters. The average Bonchev–Trinajstić information content (AvgIpc) is 3.20. The maximum atomic E-state index is 12.9. The monoisotopic (exact) mass is 805 g/mol. The van der Waals surface area contributed by atoms with E-state index in [0.29, 0.717) is 32.2 Å². The molecule has 0 aromatic heterocycles. The zero-order valence-corrected chi connectivity index (χ0v) is 38.0. The number of nitrogens with two attached hydrogens (primary N) is 1. The Morgan fingerprint density at radius 3 is 1.26 bits per heavy atom. The minimum atomic E-state index is -1.00. The van der Waals surface area contributed by atoms with Gasteiger partial charge in [0, 0.05) is 12.8 Å². The van der Waals surface area contributed by atoms with Crippen LogP contribution >= 0.6 is 0 Å². The van der Waals surface area contributed by atoms with Gasteiger partial charge in [-0.2, -0.15) is 0 Å². The maximum Gasteiger partial charge on any atom is 0.326 e. The van der Waals surface area contributed by atoms with Gasteiger partial charge in [0.2, 0.25) is 5.91 Å². The first kappa shape index (κ1) is 55.1. The molecule has 0 aromatic carbocycles. The van der Waals surface area contributed by atoms with Crippen molar-refractivity contribution in [2.75, 3.05) is 6.54 Å². The first-order chi connectivity index (χ1) is 27.9. The third-order valence-electron chi connectivity index (χ3n) is 11.6. The molecule has 57 heavy (non-hydrogen) atoms. The number of nitrogens with one attached hydrogen (secondary N) is 1. The van der Waals surface area contributed by atoms with Crippen LogP contribution in [0.25, 0.3) is 0 Å². The molecule has 0 bridgehead atoms. The van der Waals surface area contributed by atoms with E-state index in [-0.39, 0.29) is 18.0 Å². The van der Waals surface area contributed by atoms with Gasteiger partial charge in [0.15, 0.2) is 0 Å². The van der Waals surface area contributed by atoms with E-state index < -0.39 is 12.0 Å². The zero-order valence-electron chi connectivity index (χ0n) is 38.0. The summed E-state index contributed by atoms with van der Waals surface area (Å²) in [5, 5.41) is 12.0. The van der Waals surface area contributed by atoms with Crippen LogP contribution in [0.1, 0.15) is 271 Å². The first-order valence-electron chi connectivity index (χ1n) is 25.0. The number of rotatable bonds is 46. The lowest BCUT2D eigenvalue weighted by molar-refractivity contribution is -0.150. The van der Waals surface area contributed by atoms with Crippen LogP contribution in [0.15, 0.2) is 12.2 Å². The van der Waals surface area contributed by atoms with E-state index in [9.17, 15) is 19.5 Å². The molecule has 0 aliphatic rings. The summed E-state index contributed by atoms with van der Waals surface area (Å²) in [7, 11) is 0. The highest BCUT2D eigenvalue weighted by Crippen LogP contribution is 2.19. The molecule has 0 radical (unpaired) electrons. The molecule has 1 amide bonds. The molecule has 0 fully saturated rings. The van der Waals surface area contributed by atoms with E-state index in [4.69, 9.17) is 10.5 Å². The number of aliphatic carboxylic acids is 1. The third kappa shape index (κ3) is 42.1. The summed E-state index contributed by atoms with van der Waals surface area (Å²) in [5.74, 6) is -1.21. The van der Waals surface area contributed by atoms with Gasteiger partial charge >= 0.3 is 11.9 Å². The van der Waals surface area contributed by atoms with E-state index in [1.54, 1.807) is 0 Å². The standard InChI is InChI=1S/C50H96N2O5/c1-3-5-7-9-11-13-15-17-18-19-20-21-22-23-25-27-29-34-38-44-49(54)57-46(40-35-31-28-26-24-16-14-12-10-8-6-4-2)41-36-32-30-33-37-43-48(53)52-47(50(55)56)42-39-45-51/h17-18,46-47H,3-16,19-45,51H2,1-2H3,(H,52,53)(H,55,56)/b18-17-. The summed E-state index contributed by atoms with van der Waals surface area (Å²) in [6, 6.07) is -0.854. The number of carbonyl (C=O) groups is 3. The van der Waals surface area contributed by atoms with Gasteiger partial charge in [-0.15, -0.1) is 0 Å². The molecule has 0 saturated heterocycles. The smallest absolute Gasteiger partial charge is 0.326 e. The topological polar surface area (TPSA) is 119 Å². The van der Waals surface area contributed by atoms with Crippen molar-refractivity contribution < 1.29 is 24.2 Å². The van der Waals surface area contributed by atoms with Gasteiger partial charge in [-0.25, -0.2) is 4.79 Å². The summed E-state index contributed by atoms with van der Waals surface area (Å²) in [4.78, 5) is 36.5. The molecule has 0 rings (SSSR count). The van der Waals surface area contributed by atoms with Crippen LogP contribution in [-0.4, -0.2) is 41.6 Å². The molecule has 0 spiro atoms. The van der Waals surface area contributed by atoms with Gasteiger partial charge in [-0.05, 0) is 83.6 Å². The van der Waals surface area contributed by atoms with Crippen LogP contribution in [0.2, 0.25) is 0 Å². The van der Waals surface area contributed by atoms with Crippen LogP contribution in [0.5, 0.6) is 0 Å². The van der Waals surface area contributed by atoms with Gasteiger partial charge in [0.1, 0.15) is 12.1 Å². The van der Waals surface area contributed by atoms with Gasteiger partial charge in [-0.3, -0.25) is 9.59 Å². The van der Waals surface area contributed by atoms with Crippen LogP contribution in [0.3, 0.4) is 0 Å². The quantitative estimate of drug-likeness (QED) is 0.0320. The Balaban J connectivity index is 4.22. The summed E-state index contributed by atoms with van der Waals surface area (Å²) < 4.78 is 6.08. The van der Waals surface area contributed by atoms with Gasteiger partial charge in [0.05, 0.1) is 0 Å². The van der Waals surface area contributed by atoms with Crippen molar-refractivity contribution in [1.82, 2.24) is 5.32 Å².